The molecular formula is C37H54N2O. The topological polar surface area (TPSA) is 26.7 Å². The van der Waals surface area contributed by atoms with Gasteiger partial charge in [-0.1, -0.05) is 119 Å². The molecule has 0 fully saturated rings. The summed E-state index contributed by atoms with van der Waals surface area (Å²) in [5.74, 6) is 0. The van der Waals surface area contributed by atoms with Gasteiger partial charge in [0.25, 0.3) is 0 Å². The number of aryl methyl sites for hydroxylation is 1. The van der Waals surface area contributed by atoms with Gasteiger partial charge in [-0.15, -0.1) is 0 Å². The molecule has 3 aromatic rings. The van der Waals surface area contributed by atoms with Crippen LogP contribution in [0.3, 0.4) is 0 Å². The molecular weight excluding hydrogens is 488 g/mol. The minimum absolute atomic E-state index is 0.197. The van der Waals surface area contributed by atoms with E-state index >= 15 is 0 Å². The molecule has 0 aliphatic rings. The quantitative estimate of drug-likeness (QED) is 0.145. The van der Waals surface area contributed by atoms with E-state index in [9.17, 15) is 5.11 Å². The van der Waals surface area contributed by atoms with Gasteiger partial charge >= 0.3 is 0 Å². The van der Waals surface area contributed by atoms with Gasteiger partial charge in [0.1, 0.15) is 0 Å². The zero-order valence-corrected chi connectivity index (χ0v) is 25.6. The summed E-state index contributed by atoms with van der Waals surface area (Å²) in [4.78, 5) is 5.32. The Hall–Kier alpha value is -2.46. The largest absolute Gasteiger partial charge is 0.396 e. The third-order valence-electron chi connectivity index (χ3n) is 7.93. The maximum absolute atomic E-state index is 9.19. The highest BCUT2D eigenvalue weighted by Crippen LogP contribution is 2.22. The average Bonchev–Trinajstić information content (AvgIpc) is 2.98. The number of nitrogens with zero attached hydrogens (tertiary/aromatic N) is 2. The molecule has 218 valence electrons. The van der Waals surface area contributed by atoms with Crippen molar-refractivity contribution in [3.8, 4) is 11.1 Å². The molecule has 40 heavy (non-hydrogen) atoms. The van der Waals surface area contributed by atoms with E-state index in [2.05, 4.69) is 103 Å². The van der Waals surface area contributed by atoms with Crippen LogP contribution in [0.25, 0.3) is 11.1 Å². The van der Waals surface area contributed by atoms with Gasteiger partial charge in [0.15, 0.2) is 0 Å². The zero-order valence-electron chi connectivity index (χ0n) is 25.6. The van der Waals surface area contributed by atoms with E-state index in [-0.39, 0.29) is 6.61 Å². The Morgan fingerprint density at radius 3 is 1.38 bits per heavy atom. The van der Waals surface area contributed by atoms with Crippen molar-refractivity contribution >= 4 is 0 Å². The van der Waals surface area contributed by atoms with Crippen LogP contribution in [-0.4, -0.2) is 47.7 Å². The summed E-state index contributed by atoms with van der Waals surface area (Å²) in [6.45, 7) is 13.6. The van der Waals surface area contributed by atoms with Gasteiger partial charge in [-0.25, -0.2) is 0 Å². The summed E-state index contributed by atoms with van der Waals surface area (Å²) < 4.78 is 0. The van der Waals surface area contributed by atoms with Gasteiger partial charge in [0.2, 0.25) is 0 Å². The number of unbranched alkanes of at least 4 members (excludes halogenated alkanes) is 4. The maximum atomic E-state index is 9.19. The van der Waals surface area contributed by atoms with Crippen LogP contribution >= 0.6 is 0 Å². The van der Waals surface area contributed by atoms with E-state index < -0.39 is 0 Å². The number of rotatable bonds is 20. The Labute approximate surface area is 245 Å². The van der Waals surface area contributed by atoms with Crippen molar-refractivity contribution in [2.75, 3.05) is 32.8 Å². The Balaban J connectivity index is 1.68. The molecule has 3 rings (SSSR count). The first-order valence-corrected chi connectivity index (χ1v) is 16.0. The van der Waals surface area contributed by atoms with Crippen molar-refractivity contribution in [3.05, 3.63) is 95.1 Å². The monoisotopic (exact) mass is 542 g/mol. The van der Waals surface area contributed by atoms with E-state index in [0.717, 1.165) is 26.2 Å². The lowest BCUT2D eigenvalue weighted by Gasteiger charge is -2.28. The molecule has 0 radical (unpaired) electrons. The average molecular weight is 543 g/mol. The maximum Gasteiger partial charge on any atom is 0.0471 e. The summed E-state index contributed by atoms with van der Waals surface area (Å²) >= 11 is 0. The third-order valence-corrected chi connectivity index (χ3v) is 7.93. The number of benzene rings is 3. The Morgan fingerprint density at radius 2 is 0.875 bits per heavy atom. The lowest BCUT2D eigenvalue weighted by atomic mass is 10.0. The molecule has 0 unspecified atom stereocenters. The third kappa shape index (κ3) is 11.6. The van der Waals surface area contributed by atoms with Crippen molar-refractivity contribution in [1.82, 2.24) is 9.80 Å². The summed E-state index contributed by atoms with van der Waals surface area (Å²) in [7, 11) is 0. The van der Waals surface area contributed by atoms with Crippen molar-refractivity contribution < 1.29 is 5.11 Å². The van der Waals surface area contributed by atoms with Crippen LogP contribution in [0.15, 0.2) is 72.8 Å². The van der Waals surface area contributed by atoms with E-state index in [1.54, 1.807) is 0 Å². The van der Waals surface area contributed by atoms with Crippen molar-refractivity contribution in [3.63, 3.8) is 0 Å². The highest BCUT2D eigenvalue weighted by atomic mass is 16.2. The number of hydrogen-bond donors (Lipinski definition) is 1. The fourth-order valence-electron chi connectivity index (χ4n) is 5.30. The fourth-order valence-corrected chi connectivity index (χ4v) is 5.30. The molecule has 0 atom stereocenters. The molecule has 0 saturated heterocycles. The second kappa shape index (κ2) is 18.8. The Bertz CT molecular complexity index is 1040. The standard InChI is InChI=1S/C37H54N2O/c1-4-7-10-11-32-12-14-34(15-13-32)30-39(28-27-38(25-8-5-2)26-9-6-3)31-35-18-22-37(23-19-35)36-20-16-33(17-21-36)24-29-40/h12-23,40H,4-11,24-31H2,1-3H3. The van der Waals surface area contributed by atoms with Crippen LogP contribution in [-0.2, 0) is 25.9 Å². The van der Waals surface area contributed by atoms with Crippen LogP contribution in [0.5, 0.6) is 0 Å². The number of aliphatic hydroxyl groups is 1. The summed E-state index contributed by atoms with van der Waals surface area (Å²) in [6.07, 6.45) is 10.9. The number of aliphatic hydroxyl groups excluding tert-OH is 1. The van der Waals surface area contributed by atoms with Gasteiger partial charge in [0.05, 0.1) is 0 Å². The van der Waals surface area contributed by atoms with Crippen molar-refractivity contribution in [2.45, 2.75) is 91.6 Å². The molecule has 3 heteroatoms. The van der Waals surface area contributed by atoms with Crippen LogP contribution < -0.4 is 0 Å². The van der Waals surface area contributed by atoms with E-state index in [1.807, 2.05) is 0 Å². The highest BCUT2D eigenvalue weighted by Gasteiger charge is 2.12. The lowest BCUT2D eigenvalue weighted by molar-refractivity contribution is 0.189. The molecule has 0 aliphatic carbocycles. The van der Waals surface area contributed by atoms with Crippen LogP contribution in [0.4, 0.5) is 0 Å². The van der Waals surface area contributed by atoms with Crippen molar-refractivity contribution in [2.24, 2.45) is 0 Å². The Kier molecular flexibility index (Phi) is 15.1. The van der Waals surface area contributed by atoms with E-state index in [0.29, 0.717) is 6.42 Å². The molecule has 0 amide bonds. The van der Waals surface area contributed by atoms with E-state index in [4.69, 9.17) is 0 Å². The minimum atomic E-state index is 0.197. The highest BCUT2D eigenvalue weighted by molar-refractivity contribution is 5.64. The minimum Gasteiger partial charge on any atom is -0.396 e. The van der Waals surface area contributed by atoms with Crippen LogP contribution in [0.2, 0.25) is 0 Å². The summed E-state index contributed by atoms with van der Waals surface area (Å²) in [5.41, 5.74) is 7.90. The van der Waals surface area contributed by atoms with Crippen molar-refractivity contribution in [1.29, 1.82) is 0 Å². The summed E-state index contributed by atoms with van der Waals surface area (Å²) in [6, 6.07) is 27.1. The lowest BCUT2D eigenvalue weighted by Crippen LogP contribution is -2.36. The first kappa shape index (κ1) is 32.1. The molecule has 0 saturated carbocycles. The molecule has 0 bridgehead atoms. The second-order valence-corrected chi connectivity index (χ2v) is 11.4. The molecule has 1 N–H and O–H groups in total. The predicted molar refractivity (Wildman–Crippen MR) is 173 cm³/mol. The Morgan fingerprint density at radius 1 is 0.450 bits per heavy atom. The SMILES string of the molecule is CCCCCc1ccc(CN(CCN(CCCC)CCCC)Cc2ccc(-c3ccc(CCO)cc3)cc2)cc1. The molecule has 0 aliphatic heterocycles. The van der Waals surface area contributed by atoms with Gasteiger partial charge < -0.3 is 10.0 Å². The van der Waals surface area contributed by atoms with E-state index in [1.165, 1.54) is 97.8 Å². The van der Waals surface area contributed by atoms with Gasteiger partial charge in [-0.05, 0) is 78.6 Å². The normalized spacial score (nSPS) is 11.6. The first-order chi connectivity index (χ1) is 19.6. The van der Waals surface area contributed by atoms with Gasteiger partial charge in [-0.3, -0.25) is 4.90 Å². The fraction of sp³-hybridized carbons (Fsp3) is 0.514. The summed E-state index contributed by atoms with van der Waals surface area (Å²) in [5, 5.41) is 9.19. The number of hydrogen-bond acceptors (Lipinski definition) is 3. The smallest absolute Gasteiger partial charge is 0.0471 e. The van der Waals surface area contributed by atoms with Crippen LogP contribution in [0.1, 0.15) is 88.0 Å². The van der Waals surface area contributed by atoms with Crippen LogP contribution in [0, 0.1) is 0 Å². The zero-order chi connectivity index (χ0) is 28.4. The first-order valence-electron chi connectivity index (χ1n) is 16.0. The molecule has 0 spiro atoms. The molecule has 0 heterocycles. The second-order valence-electron chi connectivity index (χ2n) is 11.4. The molecule has 3 aromatic carbocycles. The molecule has 3 nitrogen and oxygen atoms in total. The van der Waals surface area contributed by atoms with Gasteiger partial charge in [0, 0.05) is 32.8 Å². The molecule has 0 aromatic heterocycles. The van der Waals surface area contributed by atoms with Gasteiger partial charge in [-0.2, -0.15) is 0 Å². The predicted octanol–water partition coefficient (Wildman–Crippen LogP) is 8.53.